The zero-order valence-corrected chi connectivity index (χ0v) is 11.6. The van der Waals surface area contributed by atoms with Crippen molar-refractivity contribution in [2.45, 2.75) is 64.1 Å². The van der Waals surface area contributed by atoms with Crippen molar-refractivity contribution in [1.82, 2.24) is 10.6 Å². The summed E-state index contributed by atoms with van der Waals surface area (Å²) in [5, 5.41) is 24.0. The molecule has 0 aromatic carbocycles. The first-order chi connectivity index (χ1) is 8.95. The first-order valence-corrected chi connectivity index (χ1v) is 6.93. The van der Waals surface area contributed by atoms with Crippen LogP contribution in [0.25, 0.3) is 0 Å². The van der Waals surface area contributed by atoms with E-state index in [-0.39, 0.29) is 12.0 Å². The van der Waals surface area contributed by atoms with E-state index in [1.807, 2.05) is 6.92 Å². The lowest BCUT2D eigenvalue weighted by Crippen LogP contribution is -2.54. The van der Waals surface area contributed by atoms with Crippen LogP contribution in [-0.4, -0.2) is 40.4 Å². The molecule has 1 aliphatic carbocycles. The molecule has 0 spiro atoms. The van der Waals surface area contributed by atoms with Crippen LogP contribution >= 0.6 is 0 Å². The average molecular weight is 272 g/mol. The highest BCUT2D eigenvalue weighted by molar-refractivity contribution is 5.82. The number of aliphatic hydroxyl groups is 1. The number of carboxylic acid groups (broad SMARTS) is 1. The van der Waals surface area contributed by atoms with Crippen LogP contribution in [0.5, 0.6) is 0 Å². The van der Waals surface area contributed by atoms with Crippen molar-refractivity contribution < 1.29 is 19.8 Å². The van der Waals surface area contributed by atoms with Gasteiger partial charge in [-0.1, -0.05) is 33.1 Å². The van der Waals surface area contributed by atoms with Gasteiger partial charge in [-0.3, -0.25) is 0 Å². The van der Waals surface area contributed by atoms with E-state index in [1.54, 1.807) is 6.92 Å². The third-order valence-electron chi connectivity index (χ3n) is 3.81. The highest BCUT2D eigenvalue weighted by atomic mass is 16.4. The molecular formula is C13H24N2O4. The fourth-order valence-electron chi connectivity index (χ4n) is 2.31. The number of hydrogen-bond donors (Lipinski definition) is 4. The maximum absolute atomic E-state index is 11.8. The number of aliphatic carboxylic acids is 1. The molecule has 0 heterocycles. The third-order valence-corrected chi connectivity index (χ3v) is 3.81. The Bertz CT molecular complexity index is 322. The Morgan fingerprint density at radius 2 is 1.95 bits per heavy atom. The smallest absolute Gasteiger partial charge is 0.326 e. The molecule has 1 fully saturated rings. The fourth-order valence-corrected chi connectivity index (χ4v) is 2.31. The molecule has 1 aliphatic rings. The van der Waals surface area contributed by atoms with Gasteiger partial charge in [-0.2, -0.15) is 0 Å². The Hall–Kier alpha value is -1.30. The van der Waals surface area contributed by atoms with Gasteiger partial charge < -0.3 is 20.8 Å². The van der Waals surface area contributed by atoms with E-state index in [1.165, 1.54) is 0 Å². The molecule has 2 amide bonds. The molecule has 1 rings (SSSR count). The standard InChI is InChI=1S/C13H24N2O4/c1-3-8(2)11(12(17)18)15-13(19)14-9-6-4-5-7-10(9)16/h8-11,16H,3-7H2,1-2H3,(H,17,18)(H2,14,15,19). The molecule has 4 atom stereocenters. The number of carbonyl (C=O) groups is 2. The molecule has 0 bridgehead atoms. The lowest BCUT2D eigenvalue weighted by Gasteiger charge is -2.29. The quantitative estimate of drug-likeness (QED) is 0.602. The van der Waals surface area contributed by atoms with E-state index < -0.39 is 24.1 Å². The predicted molar refractivity (Wildman–Crippen MR) is 70.8 cm³/mol. The second-order valence-electron chi connectivity index (χ2n) is 5.28. The van der Waals surface area contributed by atoms with Crippen LogP contribution in [0.2, 0.25) is 0 Å². The maximum atomic E-state index is 11.8. The molecule has 0 saturated heterocycles. The number of rotatable bonds is 5. The van der Waals surface area contributed by atoms with Crippen molar-refractivity contribution in [3.05, 3.63) is 0 Å². The minimum Gasteiger partial charge on any atom is -0.480 e. The molecular weight excluding hydrogens is 248 g/mol. The monoisotopic (exact) mass is 272 g/mol. The lowest BCUT2D eigenvalue weighted by atomic mass is 9.93. The summed E-state index contributed by atoms with van der Waals surface area (Å²) in [7, 11) is 0. The summed E-state index contributed by atoms with van der Waals surface area (Å²) >= 11 is 0. The zero-order valence-electron chi connectivity index (χ0n) is 11.6. The fraction of sp³-hybridized carbons (Fsp3) is 0.846. The van der Waals surface area contributed by atoms with Crippen LogP contribution in [0.15, 0.2) is 0 Å². The van der Waals surface area contributed by atoms with Crippen molar-refractivity contribution in [2.24, 2.45) is 5.92 Å². The molecule has 0 aromatic heterocycles. The summed E-state index contributed by atoms with van der Waals surface area (Å²) < 4.78 is 0. The van der Waals surface area contributed by atoms with Gasteiger partial charge in [0.1, 0.15) is 6.04 Å². The van der Waals surface area contributed by atoms with Crippen molar-refractivity contribution in [3.63, 3.8) is 0 Å². The van der Waals surface area contributed by atoms with Crippen LogP contribution in [0.4, 0.5) is 4.79 Å². The van der Waals surface area contributed by atoms with Crippen LogP contribution in [0, 0.1) is 5.92 Å². The van der Waals surface area contributed by atoms with Gasteiger partial charge in [-0.15, -0.1) is 0 Å². The number of hydrogen-bond acceptors (Lipinski definition) is 3. The Kier molecular flexibility index (Phi) is 6.08. The average Bonchev–Trinajstić information content (AvgIpc) is 2.37. The minimum atomic E-state index is -1.03. The predicted octanol–water partition coefficient (Wildman–Crippen LogP) is 1.09. The van der Waals surface area contributed by atoms with E-state index in [2.05, 4.69) is 10.6 Å². The van der Waals surface area contributed by atoms with Crippen molar-refractivity contribution in [3.8, 4) is 0 Å². The van der Waals surface area contributed by atoms with Crippen LogP contribution in [-0.2, 0) is 4.79 Å². The largest absolute Gasteiger partial charge is 0.480 e. The molecule has 4 N–H and O–H groups in total. The molecule has 1 saturated carbocycles. The van der Waals surface area contributed by atoms with Gasteiger partial charge in [-0.05, 0) is 18.8 Å². The van der Waals surface area contributed by atoms with Crippen molar-refractivity contribution >= 4 is 12.0 Å². The summed E-state index contributed by atoms with van der Waals surface area (Å²) in [5.41, 5.74) is 0. The SMILES string of the molecule is CCC(C)C(NC(=O)NC1CCCCC1O)C(=O)O. The van der Waals surface area contributed by atoms with E-state index in [0.717, 1.165) is 19.3 Å². The Morgan fingerprint density at radius 3 is 2.47 bits per heavy atom. The van der Waals surface area contributed by atoms with Crippen molar-refractivity contribution in [1.29, 1.82) is 0 Å². The van der Waals surface area contributed by atoms with E-state index in [9.17, 15) is 14.7 Å². The maximum Gasteiger partial charge on any atom is 0.326 e. The number of carboxylic acids is 1. The molecule has 19 heavy (non-hydrogen) atoms. The zero-order chi connectivity index (χ0) is 14.4. The summed E-state index contributed by atoms with van der Waals surface area (Å²) in [6.07, 6.45) is 3.48. The second-order valence-corrected chi connectivity index (χ2v) is 5.28. The molecule has 110 valence electrons. The Labute approximate surface area is 113 Å². The topological polar surface area (TPSA) is 98.7 Å². The van der Waals surface area contributed by atoms with Crippen LogP contribution < -0.4 is 10.6 Å². The second kappa shape index (κ2) is 7.33. The number of carbonyl (C=O) groups excluding carboxylic acids is 1. The Balaban J connectivity index is 2.50. The van der Waals surface area contributed by atoms with Crippen LogP contribution in [0.3, 0.4) is 0 Å². The van der Waals surface area contributed by atoms with Gasteiger partial charge in [0.25, 0.3) is 0 Å². The van der Waals surface area contributed by atoms with Gasteiger partial charge in [0, 0.05) is 0 Å². The highest BCUT2D eigenvalue weighted by Crippen LogP contribution is 2.18. The van der Waals surface area contributed by atoms with E-state index in [0.29, 0.717) is 12.8 Å². The molecule has 6 heteroatoms. The third kappa shape index (κ3) is 4.70. The number of urea groups is 1. The molecule has 0 aliphatic heterocycles. The lowest BCUT2D eigenvalue weighted by molar-refractivity contribution is -0.140. The molecule has 4 unspecified atom stereocenters. The number of nitrogens with one attached hydrogen (secondary N) is 2. The van der Waals surface area contributed by atoms with Gasteiger partial charge in [0.05, 0.1) is 12.1 Å². The summed E-state index contributed by atoms with van der Waals surface area (Å²) in [5.74, 6) is -1.17. The van der Waals surface area contributed by atoms with E-state index >= 15 is 0 Å². The molecule has 0 aromatic rings. The minimum absolute atomic E-state index is 0.139. The van der Waals surface area contributed by atoms with Crippen molar-refractivity contribution in [2.75, 3.05) is 0 Å². The highest BCUT2D eigenvalue weighted by Gasteiger charge is 2.28. The summed E-state index contributed by atoms with van der Waals surface area (Å²) in [4.78, 5) is 22.9. The van der Waals surface area contributed by atoms with E-state index in [4.69, 9.17) is 5.11 Å². The normalized spacial score (nSPS) is 26.3. The number of aliphatic hydroxyl groups excluding tert-OH is 1. The molecule has 6 nitrogen and oxygen atoms in total. The Morgan fingerprint density at radius 1 is 1.32 bits per heavy atom. The first kappa shape index (κ1) is 15.8. The van der Waals surface area contributed by atoms with Gasteiger partial charge in [0.15, 0.2) is 0 Å². The first-order valence-electron chi connectivity index (χ1n) is 6.93. The van der Waals surface area contributed by atoms with Crippen LogP contribution in [0.1, 0.15) is 46.0 Å². The summed E-state index contributed by atoms with van der Waals surface area (Å²) in [6.45, 7) is 3.67. The number of amides is 2. The van der Waals surface area contributed by atoms with Gasteiger partial charge in [0.2, 0.25) is 0 Å². The summed E-state index contributed by atoms with van der Waals surface area (Å²) in [6, 6.07) is -1.69. The molecule has 0 radical (unpaired) electrons. The van der Waals surface area contributed by atoms with Gasteiger partial charge in [-0.25, -0.2) is 9.59 Å². The van der Waals surface area contributed by atoms with Gasteiger partial charge >= 0.3 is 12.0 Å².